The number of hydrogen-bond donors (Lipinski definition) is 0. The van der Waals surface area contributed by atoms with Crippen LogP contribution in [-0.2, 0) is 0 Å². The molecule has 1 saturated carbocycles. The van der Waals surface area contributed by atoms with Gasteiger partial charge in [0.15, 0.2) is 0 Å². The first-order valence-corrected chi connectivity index (χ1v) is 7.58. The largest absolute Gasteiger partial charge is 0.474 e. The van der Waals surface area contributed by atoms with Gasteiger partial charge in [0.2, 0.25) is 5.88 Å². The molecule has 1 aromatic heterocycles. The number of piperidine rings is 3. The first kappa shape index (κ1) is 11.2. The summed E-state index contributed by atoms with van der Waals surface area (Å²) in [5, 5.41) is 0. The highest BCUT2D eigenvalue weighted by atomic mass is 79.9. The standard InChI is InChI=1S/C14H17BrN2O/c15-12-1-2-13(16-5-12)18-14-10-3-9-4-11(14)8-17(6-9)7-10/h1-2,5,9-11,14H,3-4,6-8H2/t9?,10-,11-,14?/m0/s1. The first-order chi connectivity index (χ1) is 8.78. The highest BCUT2D eigenvalue weighted by molar-refractivity contribution is 9.10. The van der Waals surface area contributed by atoms with Crippen molar-refractivity contribution in [1.29, 1.82) is 0 Å². The summed E-state index contributed by atoms with van der Waals surface area (Å²) in [6.07, 6.45) is 4.92. The van der Waals surface area contributed by atoms with Crippen LogP contribution >= 0.6 is 15.9 Å². The lowest BCUT2D eigenvalue weighted by molar-refractivity contribution is -0.0997. The zero-order chi connectivity index (χ0) is 12.1. The van der Waals surface area contributed by atoms with E-state index in [0.29, 0.717) is 6.10 Å². The zero-order valence-electron chi connectivity index (χ0n) is 10.3. The quantitative estimate of drug-likeness (QED) is 0.839. The summed E-state index contributed by atoms with van der Waals surface area (Å²) < 4.78 is 7.19. The van der Waals surface area contributed by atoms with E-state index in [4.69, 9.17) is 4.74 Å². The van der Waals surface area contributed by atoms with E-state index in [1.54, 1.807) is 0 Å². The molecule has 1 aromatic rings. The van der Waals surface area contributed by atoms with Crippen LogP contribution in [0.25, 0.3) is 0 Å². The Morgan fingerprint density at radius 3 is 2.56 bits per heavy atom. The van der Waals surface area contributed by atoms with Crippen molar-refractivity contribution in [1.82, 2.24) is 9.88 Å². The maximum absolute atomic E-state index is 6.19. The van der Waals surface area contributed by atoms with Gasteiger partial charge in [-0.05, 0) is 40.8 Å². The van der Waals surface area contributed by atoms with E-state index in [-0.39, 0.29) is 0 Å². The van der Waals surface area contributed by atoms with Gasteiger partial charge in [-0.2, -0.15) is 0 Å². The Labute approximate surface area is 116 Å². The van der Waals surface area contributed by atoms with Crippen LogP contribution in [0, 0.1) is 17.8 Å². The Kier molecular flexibility index (Phi) is 2.62. The third-order valence-corrected chi connectivity index (χ3v) is 5.13. The molecule has 0 radical (unpaired) electrons. The van der Waals surface area contributed by atoms with Gasteiger partial charge in [0, 0.05) is 48.2 Å². The smallest absolute Gasteiger partial charge is 0.213 e. The summed E-state index contributed by atoms with van der Waals surface area (Å²) in [6, 6.07) is 3.97. The second kappa shape index (κ2) is 4.20. The number of aromatic nitrogens is 1. The Bertz CT molecular complexity index is 420. The molecule has 4 bridgehead atoms. The predicted molar refractivity (Wildman–Crippen MR) is 72.5 cm³/mol. The van der Waals surface area contributed by atoms with Crippen molar-refractivity contribution < 1.29 is 4.74 Å². The molecule has 0 unspecified atom stereocenters. The SMILES string of the molecule is Brc1ccc(OC2[C@H]3CC4C[C@H]2CN(C4)C3)nc1. The molecule has 5 rings (SSSR count). The molecule has 4 heterocycles. The van der Waals surface area contributed by atoms with Crippen molar-refractivity contribution in [2.45, 2.75) is 18.9 Å². The number of pyridine rings is 1. The molecule has 0 aromatic carbocycles. The third-order valence-electron chi connectivity index (χ3n) is 4.66. The summed E-state index contributed by atoms with van der Waals surface area (Å²) >= 11 is 3.41. The minimum Gasteiger partial charge on any atom is -0.474 e. The maximum atomic E-state index is 6.19. The van der Waals surface area contributed by atoms with Crippen LogP contribution < -0.4 is 4.74 Å². The zero-order valence-corrected chi connectivity index (χ0v) is 11.8. The lowest BCUT2D eigenvalue weighted by Crippen LogP contribution is -2.61. The van der Waals surface area contributed by atoms with Crippen molar-refractivity contribution in [2.75, 3.05) is 19.6 Å². The van der Waals surface area contributed by atoms with Crippen LogP contribution in [0.3, 0.4) is 0 Å². The Hall–Kier alpha value is -0.610. The fraction of sp³-hybridized carbons (Fsp3) is 0.643. The van der Waals surface area contributed by atoms with Gasteiger partial charge in [0.05, 0.1) is 0 Å². The van der Waals surface area contributed by atoms with Gasteiger partial charge in [-0.3, -0.25) is 0 Å². The summed E-state index contributed by atoms with van der Waals surface area (Å²) in [5.41, 5.74) is 0. The highest BCUT2D eigenvalue weighted by Crippen LogP contribution is 2.44. The molecule has 18 heavy (non-hydrogen) atoms. The van der Waals surface area contributed by atoms with E-state index >= 15 is 0 Å². The fourth-order valence-electron chi connectivity index (χ4n) is 4.13. The van der Waals surface area contributed by atoms with Gasteiger partial charge in [-0.25, -0.2) is 4.98 Å². The molecule has 3 saturated heterocycles. The second-order valence-corrected chi connectivity index (χ2v) is 6.89. The van der Waals surface area contributed by atoms with E-state index in [2.05, 4.69) is 25.8 Å². The van der Waals surface area contributed by atoms with Crippen molar-refractivity contribution in [3.8, 4) is 5.88 Å². The van der Waals surface area contributed by atoms with Gasteiger partial charge in [-0.15, -0.1) is 0 Å². The third kappa shape index (κ3) is 1.86. The summed E-state index contributed by atoms with van der Waals surface area (Å²) in [5.74, 6) is 3.16. The topological polar surface area (TPSA) is 25.4 Å². The van der Waals surface area contributed by atoms with Crippen molar-refractivity contribution >= 4 is 15.9 Å². The van der Waals surface area contributed by atoms with Crippen molar-refractivity contribution in [2.24, 2.45) is 17.8 Å². The predicted octanol–water partition coefficient (Wildman–Crippen LogP) is 2.56. The Morgan fingerprint density at radius 2 is 1.94 bits per heavy atom. The molecule has 4 heteroatoms. The van der Waals surface area contributed by atoms with E-state index < -0.39 is 0 Å². The van der Waals surface area contributed by atoms with Crippen LogP contribution in [0.1, 0.15) is 12.8 Å². The molecular formula is C14H17BrN2O. The van der Waals surface area contributed by atoms with Crippen LogP contribution in [0.4, 0.5) is 0 Å². The molecule has 96 valence electrons. The summed E-state index contributed by atoms with van der Waals surface area (Å²) in [7, 11) is 0. The first-order valence-electron chi connectivity index (χ1n) is 6.78. The summed E-state index contributed by atoms with van der Waals surface area (Å²) in [4.78, 5) is 6.97. The monoisotopic (exact) mass is 308 g/mol. The lowest BCUT2D eigenvalue weighted by atomic mass is 9.66. The van der Waals surface area contributed by atoms with E-state index in [0.717, 1.165) is 28.1 Å². The number of nitrogens with zero attached hydrogens (tertiary/aromatic N) is 2. The number of hydrogen-bond acceptors (Lipinski definition) is 3. The molecule has 2 atom stereocenters. The number of halogens is 1. The minimum atomic E-state index is 0.395. The highest BCUT2D eigenvalue weighted by Gasteiger charge is 2.48. The Balaban J connectivity index is 1.53. The van der Waals surface area contributed by atoms with E-state index in [9.17, 15) is 0 Å². The van der Waals surface area contributed by atoms with E-state index in [1.807, 2.05) is 18.3 Å². The van der Waals surface area contributed by atoms with Crippen LogP contribution in [0.5, 0.6) is 5.88 Å². The maximum Gasteiger partial charge on any atom is 0.213 e. The molecule has 3 nitrogen and oxygen atoms in total. The second-order valence-electron chi connectivity index (χ2n) is 5.97. The Morgan fingerprint density at radius 1 is 1.17 bits per heavy atom. The molecule has 0 amide bonds. The average molecular weight is 309 g/mol. The van der Waals surface area contributed by atoms with Gasteiger partial charge in [0.25, 0.3) is 0 Å². The normalized spacial score (nSPS) is 41.1. The number of ether oxygens (including phenoxy) is 1. The van der Waals surface area contributed by atoms with E-state index in [1.165, 1.54) is 32.5 Å². The van der Waals surface area contributed by atoms with Crippen molar-refractivity contribution in [3.05, 3.63) is 22.8 Å². The molecule has 1 aliphatic carbocycles. The lowest BCUT2D eigenvalue weighted by Gasteiger charge is -2.55. The van der Waals surface area contributed by atoms with Crippen LogP contribution in [0.15, 0.2) is 22.8 Å². The van der Waals surface area contributed by atoms with Crippen molar-refractivity contribution in [3.63, 3.8) is 0 Å². The van der Waals surface area contributed by atoms with Gasteiger partial charge in [-0.1, -0.05) is 0 Å². The molecule has 3 aliphatic heterocycles. The molecular weight excluding hydrogens is 292 g/mol. The van der Waals surface area contributed by atoms with Crippen LogP contribution in [-0.4, -0.2) is 35.6 Å². The summed E-state index contributed by atoms with van der Waals surface area (Å²) in [6.45, 7) is 3.79. The minimum absolute atomic E-state index is 0.395. The van der Waals surface area contributed by atoms with Gasteiger partial charge >= 0.3 is 0 Å². The van der Waals surface area contributed by atoms with Crippen LogP contribution in [0.2, 0.25) is 0 Å². The van der Waals surface area contributed by atoms with Gasteiger partial charge < -0.3 is 9.64 Å². The fourth-order valence-corrected chi connectivity index (χ4v) is 4.36. The molecule has 0 spiro atoms. The molecule has 4 aliphatic rings. The molecule has 4 fully saturated rings. The number of rotatable bonds is 2. The average Bonchev–Trinajstić information content (AvgIpc) is 2.35. The van der Waals surface area contributed by atoms with Gasteiger partial charge in [0.1, 0.15) is 6.10 Å². The molecule has 0 N–H and O–H groups in total.